The molecule has 2 aromatic carbocycles. The number of thioether (sulfide) groups is 1. The Morgan fingerprint density at radius 3 is 2.25 bits per heavy atom. The highest BCUT2D eigenvalue weighted by atomic mass is 32.2. The Morgan fingerprint density at radius 2 is 1.60 bits per heavy atom. The van der Waals surface area contributed by atoms with Crippen LogP contribution in [0.2, 0.25) is 0 Å². The third-order valence-electron chi connectivity index (χ3n) is 3.13. The first-order valence-electron chi connectivity index (χ1n) is 6.91. The van der Waals surface area contributed by atoms with E-state index in [0.717, 1.165) is 23.6 Å². The van der Waals surface area contributed by atoms with Gasteiger partial charge in [-0.15, -0.1) is 0 Å². The van der Waals surface area contributed by atoms with Crippen LogP contribution in [0.25, 0.3) is 0 Å². The summed E-state index contributed by atoms with van der Waals surface area (Å²) in [6, 6.07) is 20.6. The Bertz CT molecular complexity index is 475. The van der Waals surface area contributed by atoms with Crippen molar-refractivity contribution in [3.05, 3.63) is 71.8 Å². The van der Waals surface area contributed by atoms with Gasteiger partial charge in [0.15, 0.2) is 0 Å². The van der Waals surface area contributed by atoms with Crippen LogP contribution < -0.4 is 5.32 Å². The van der Waals surface area contributed by atoms with Crippen molar-refractivity contribution < 1.29 is 5.11 Å². The van der Waals surface area contributed by atoms with Gasteiger partial charge in [-0.3, -0.25) is 0 Å². The first-order chi connectivity index (χ1) is 9.90. The van der Waals surface area contributed by atoms with Crippen LogP contribution in [-0.4, -0.2) is 24.0 Å². The quantitative estimate of drug-likeness (QED) is 0.731. The zero-order valence-electron chi connectivity index (χ0n) is 11.5. The van der Waals surface area contributed by atoms with Crippen molar-refractivity contribution in [3.8, 4) is 0 Å². The number of nitrogens with one attached hydrogen (secondary N) is 1. The van der Waals surface area contributed by atoms with Gasteiger partial charge in [0.25, 0.3) is 0 Å². The van der Waals surface area contributed by atoms with Gasteiger partial charge in [-0.1, -0.05) is 60.7 Å². The van der Waals surface area contributed by atoms with Gasteiger partial charge in [0.1, 0.15) is 0 Å². The normalized spacial score (nSPS) is 12.2. The van der Waals surface area contributed by atoms with Crippen LogP contribution >= 0.6 is 11.8 Å². The molecule has 0 aromatic heterocycles. The molecule has 3 heteroatoms. The van der Waals surface area contributed by atoms with Crippen LogP contribution in [0.4, 0.5) is 0 Å². The number of rotatable bonds is 8. The van der Waals surface area contributed by atoms with Crippen LogP contribution in [0.1, 0.15) is 17.2 Å². The van der Waals surface area contributed by atoms with Gasteiger partial charge in [-0.05, 0) is 11.1 Å². The summed E-state index contributed by atoms with van der Waals surface area (Å²) in [7, 11) is 0. The second-order valence-electron chi connectivity index (χ2n) is 4.64. The van der Waals surface area contributed by atoms with Gasteiger partial charge in [0, 0.05) is 18.1 Å². The Hall–Kier alpha value is -1.29. The van der Waals surface area contributed by atoms with Gasteiger partial charge in [-0.25, -0.2) is 0 Å². The SMILES string of the molecule is OC[C@H](NCCSCc1ccccc1)c1ccccc1. The van der Waals surface area contributed by atoms with E-state index in [1.807, 2.05) is 48.2 Å². The second-order valence-corrected chi connectivity index (χ2v) is 5.74. The van der Waals surface area contributed by atoms with E-state index >= 15 is 0 Å². The molecular weight excluding hydrogens is 266 g/mol. The van der Waals surface area contributed by atoms with Crippen molar-refractivity contribution >= 4 is 11.8 Å². The van der Waals surface area contributed by atoms with Gasteiger partial charge in [0.2, 0.25) is 0 Å². The van der Waals surface area contributed by atoms with Gasteiger partial charge < -0.3 is 10.4 Å². The van der Waals surface area contributed by atoms with Crippen molar-refractivity contribution in [2.45, 2.75) is 11.8 Å². The molecule has 106 valence electrons. The van der Waals surface area contributed by atoms with Gasteiger partial charge in [0.05, 0.1) is 12.6 Å². The summed E-state index contributed by atoms with van der Waals surface area (Å²) in [5.41, 5.74) is 2.50. The van der Waals surface area contributed by atoms with E-state index in [0.29, 0.717) is 0 Å². The molecule has 1 atom stereocenters. The molecule has 0 aliphatic carbocycles. The standard InChI is InChI=1S/C17H21NOS/c19-13-17(16-9-5-2-6-10-16)18-11-12-20-14-15-7-3-1-4-8-15/h1-10,17-19H,11-14H2/t17-/m0/s1. The lowest BCUT2D eigenvalue weighted by atomic mass is 10.1. The predicted molar refractivity (Wildman–Crippen MR) is 86.9 cm³/mol. The fraction of sp³-hybridized carbons (Fsp3) is 0.294. The van der Waals surface area contributed by atoms with Crippen molar-refractivity contribution in [2.75, 3.05) is 18.9 Å². The fourth-order valence-electron chi connectivity index (χ4n) is 2.04. The summed E-state index contributed by atoms with van der Waals surface area (Å²) in [4.78, 5) is 0. The smallest absolute Gasteiger partial charge is 0.0626 e. The molecular formula is C17H21NOS. The Balaban J connectivity index is 1.67. The molecule has 0 aliphatic rings. The third kappa shape index (κ3) is 5.00. The lowest BCUT2D eigenvalue weighted by Gasteiger charge is -2.16. The molecule has 2 aromatic rings. The first-order valence-corrected chi connectivity index (χ1v) is 8.06. The van der Waals surface area contributed by atoms with Crippen LogP contribution in [-0.2, 0) is 5.75 Å². The summed E-state index contributed by atoms with van der Waals surface area (Å²) in [6.45, 7) is 1.03. The molecule has 20 heavy (non-hydrogen) atoms. The van der Waals surface area contributed by atoms with E-state index in [4.69, 9.17) is 0 Å². The summed E-state index contributed by atoms with van der Waals surface area (Å²) in [6.07, 6.45) is 0. The van der Waals surface area contributed by atoms with Crippen LogP contribution in [0, 0.1) is 0 Å². The Kier molecular flexibility index (Phi) is 6.64. The van der Waals surface area contributed by atoms with Crippen molar-refractivity contribution in [2.24, 2.45) is 0 Å². The fourth-order valence-corrected chi connectivity index (χ4v) is 2.88. The maximum absolute atomic E-state index is 9.44. The number of aliphatic hydroxyl groups excluding tert-OH is 1. The molecule has 0 amide bonds. The van der Waals surface area contributed by atoms with E-state index in [1.165, 1.54) is 5.56 Å². The molecule has 0 aliphatic heterocycles. The van der Waals surface area contributed by atoms with E-state index in [2.05, 4.69) is 29.6 Å². The maximum atomic E-state index is 9.44. The molecule has 0 fully saturated rings. The number of hydrogen-bond donors (Lipinski definition) is 2. The monoisotopic (exact) mass is 287 g/mol. The molecule has 0 spiro atoms. The number of aliphatic hydroxyl groups is 1. The summed E-state index contributed by atoms with van der Waals surface area (Å²) in [5.74, 6) is 2.08. The highest BCUT2D eigenvalue weighted by molar-refractivity contribution is 7.98. The first kappa shape index (κ1) is 15.1. The van der Waals surface area contributed by atoms with Crippen LogP contribution in [0.15, 0.2) is 60.7 Å². The minimum Gasteiger partial charge on any atom is -0.394 e. The molecule has 0 bridgehead atoms. The minimum atomic E-state index is 0.0357. The number of benzene rings is 2. The molecule has 2 nitrogen and oxygen atoms in total. The van der Waals surface area contributed by atoms with Crippen molar-refractivity contribution in [3.63, 3.8) is 0 Å². The summed E-state index contributed by atoms with van der Waals surface area (Å²) < 4.78 is 0. The highest BCUT2D eigenvalue weighted by Gasteiger charge is 2.08. The van der Waals surface area contributed by atoms with Crippen LogP contribution in [0.5, 0.6) is 0 Å². The minimum absolute atomic E-state index is 0.0357. The number of hydrogen-bond acceptors (Lipinski definition) is 3. The third-order valence-corrected chi connectivity index (χ3v) is 4.16. The van der Waals surface area contributed by atoms with Crippen molar-refractivity contribution in [1.29, 1.82) is 0 Å². The Labute approximate surface area is 125 Å². The van der Waals surface area contributed by atoms with Gasteiger partial charge in [-0.2, -0.15) is 11.8 Å². The molecule has 0 radical (unpaired) electrons. The lowest BCUT2D eigenvalue weighted by Crippen LogP contribution is -2.26. The average Bonchev–Trinajstić information content (AvgIpc) is 2.53. The molecule has 0 heterocycles. The molecule has 2 rings (SSSR count). The van der Waals surface area contributed by atoms with E-state index < -0.39 is 0 Å². The predicted octanol–water partition coefficient (Wildman–Crippen LogP) is 3.24. The molecule has 0 unspecified atom stereocenters. The van der Waals surface area contributed by atoms with E-state index in [9.17, 15) is 5.11 Å². The van der Waals surface area contributed by atoms with E-state index in [1.54, 1.807) is 0 Å². The van der Waals surface area contributed by atoms with E-state index in [-0.39, 0.29) is 12.6 Å². The molecule has 0 saturated carbocycles. The lowest BCUT2D eigenvalue weighted by molar-refractivity contribution is 0.246. The van der Waals surface area contributed by atoms with Crippen LogP contribution in [0.3, 0.4) is 0 Å². The summed E-state index contributed by atoms with van der Waals surface area (Å²) >= 11 is 1.91. The Morgan fingerprint density at radius 1 is 0.950 bits per heavy atom. The average molecular weight is 287 g/mol. The van der Waals surface area contributed by atoms with Crippen molar-refractivity contribution in [1.82, 2.24) is 5.32 Å². The second kappa shape index (κ2) is 8.80. The molecule has 0 saturated heterocycles. The largest absolute Gasteiger partial charge is 0.394 e. The summed E-state index contributed by atoms with van der Waals surface area (Å²) in [5, 5.41) is 12.8. The molecule has 2 N–H and O–H groups in total. The van der Waals surface area contributed by atoms with Gasteiger partial charge >= 0.3 is 0 Å². The highest BCUT2D eigenvalue weighted by Crippen LogP contribution is 2.13. The maximum Gasteiger partial charge on any atom is 0.0626 e. The zero-order chi connectivity index (χ0) is 14.0. The zero-order valence-corrected chi connectivity index (χ0v) is 12.4. The topological polar surface area (TPSA) is 32.3 Å².